The maximum absolute atomic E-state index is 10.5. The van der Waals surface area contributed by atoms with Gasteiger partial charge in [-0.05, 0) is 19.1 Å². The second-order valence-electron chi connectivity index (χ2n) is 2.29. The number of aryl methyl sites for hydroxylation is 1. The van der Waals surface area contributed by atoms with Crippen LogP contribution in [0.25, 0.3) is 0 Å². The van der Waals surface area contributed by atoms with Crippen LogP contribution < -0.4 is 59.1 Å². The van der Waals surface area contributed by atoms with Crippen LogP contribution in [0.4, 0.5) is 0 Å². The minimum Gasteiger partial charge on any atom is -1.00 e. The Labute approximate surface area is 125 Å². The molecule has 0 atom stereocenters. The summed E-state index contributed by atoms with van der Waals surface area (Å²) >= 11 is 0. The summed E-state index contributed by atoms with van der Waals surface area (Å²) in [5.41, 5.74) is 0.956. The van der Waals surface area contributed by atoms with Gasteiger partial charge in [0.25, 0.3) is 10.1 Å². The summed E-state index contributed by atoms with van der Waals surface area (Å²) in [6.07, 6.45) is 0. The van der Waals surface area contributed by atoms with Crippen LogP contribution in [0.5, 0.6) is 0 Å². The van der Waals surface area contributed by atoms with Crippen molar-refractivity contribution in [1.82, 2.24) is 0 Å². The predicted octanol–water partition coefficient (Wildman–Crippen LogP) is -4.53. The Balaban J connectivity index is -0.000000151. The molecule has 0 saturated carbocycles. The molecule has 0 aliphatic heterocycles. The van der Waals surface area contributed by atoms with E-state index < -0.39 is 10.1 Å². The van der Waals surface area contributed by atoms with Crippen molar-refractivity contribution in [2.24, 2.45) is 0 Å². The minimum atomic E-state index is -4.02. The third kappa shape index (κ3) is 5.54. The number of hydrogen-bond donors (Lipinski definition) is 1. The van der Waals surface area contributed by atoms with E-state index in [1.165, 1.54) is 12.1 Å². The van der Waals surface area contributed by atoms with Gasteiger partial charge in [-0.3, -0.25) is 4.55 Å². The van der Waals surface area contributed by atoms with Gasteiger partial charge in [0, 0.05) is 0 Å². The van der Waals surface area contributed by atoms with Crippen molar-refractivity contribution >= 4 is 10.1 Å². The quantitative estimate of drug-likeness (QED) is 0.383. The Bertz CT molecular complexity index is 353. The van der Waals surface area contributed by atoms with Crippen molar-refractivity contribution in [3.8, 4) is 0 Å². The zero-order chi connectivity index (χ0) is 8.48. The number of hydrogen-bond acceptors (Lipinski definition) is 2. The molecule has 3 nitrogen and oxygen atoms in total. The van der Waals surface area contributed by atoms with E-state index in [2.05, 4.69) is 0 Å². The van der Waals surface area contributed by atoms with E-state index in [0.29, 0.717) is 0 Å². The smallest absolute Gasteiger partial charge is 1.00 e. The van der Waals surface area contributed by atoms with Crippen LogP contribution in [0.15, 0.2) is 29.2 Å². The zero-order valence-corrected chi connectivity index (χ0v) is 12.8. The van der Waals surface area contributed by atoms with Crippen molar-refractivity contribution in [3.63, 3.8) is 0 Å². The van der Waals surface area contributed by atoms with E-state index in [1.54, 1.807) is 12.1 Å². The van der Waals surface area contributed by atoms with Gasteiger partial charge in [-0.1, -0.05) is 17.7 Å². The molecule has 0 aliphatic carbocycles. The molecule has 0 spiro atoms. The topological polar surface area (TPSA) is 54.4 Å². The second kappa shape index (κ2) is 6.58. The van der Waals surface area contributed by atoms with E-state index in [9.17, 15) is 8.42 Å². The standard InChI is InChI=1S/C7H8O3S.2Na.2H/c1-6-2-4-7(5-3-6)11(8,9)10;;;;/h2-5H,1H3,(H,8,9,10);;;;/q;2*+1;2*-1. The first-order chi connectivity index (χ1) is 5.00. The zero-order valence-electron chi connectivity index (χ0n) is 9.98. The van der Waals surface area contributed by atoms with Gasteiger partial charge in [0.1, 0.15) is 0 Å². The Morgan fingerprint density at radius 1 is 1.15 bits per heavy atom. The first-order valence-corrected chi connectivity index (χ1v) is 4.48. The average Bonchev–Trinajstić information content (AvgIpc) is 1.86. The van der Waals surface area contributed by atoms with Gasteiger partial charge < -0.3 is 2.85 Å². The molecule has 0 heterocycles. The molecular weight excluding hydrogens is 210 g/mol. The van der Waals surface area contributed by atoms with Crippen molar-refractivity contribution in [2.75, 3.05) is 0 Å². The van der Waals surface area contributed by atoms with Crippen molar-refractivity contribution < 1.29 is 74.9 Å². The van der Waals surface area contributed by atoms with Gasteiger partial charge in [0.2, 0.25) is 0 Å². The summed E-state index contributed by atoms with van der Waals surface area (Å²) in [7, 11) is -4.02. The maximum atomic E-state index is 10.5. The molecule has 1 aromatic carbocycles. The van der Waals surface area contributed by atoms with Crippen LogP contribution in [0.3, 0.4) is 0 Å². The molecule has 6 heteroatoms. The SMILES string of the molecule is Cc1ccc(S(=O)(=O)O)cc1.[H-].[H-].[Na+].[Na+]. The Morgan fingerprint density at radius 3 is 1.85 bits per heavy atom. The molecule has 0 aromatic heterocycles. The van der Waals surface area contributed by atoms with E-state index in [-0.39, 0.29) is 66.9 Å². The molecule has 0 unspecified atom stereocenters. The van der Waals surface area contributed by atoms with Crippen LogP contribution >= 0.6 is 0 Å². The van der Waals surface area contributed by atoms with Crippen LogP contribution in [0.2, 0.25) is 0 Å². The summed E-state index contributed by atoms with van der Waals surface area (Å²) in [5, 5.41) is 0. The molecule has 13 heavy (non-hydrogen) atoms. The molecule has 0 fully saturated rings. The van der Waals surface area contributed by atoms with E-state index >= 15 is 0 Å². The fourth-order valence-electron chi connectivity index (χ4n) is 0.710. The van der Waals surface area contributed by atoms with Crippen molar-refractivity contribution in [1.29, 1.82) is 0 Å². The van der Waals surface area contributed by atoms with Gasteiger partial charge in [0.15, 0.2) is 0 Å². The Morgan fingerprint density at radius 2 is 1.54 bits per heavy atom. The fourth-order valence-corrected chi connectivity index (χ4v) is 1.19. The molecule has 64 valence electrons. The van der Waals surface area contributed by atoms with Crippen LogP contribution in [-0.2, 0) is 10.1 Å². The van der Waals surface area contributed by atoms with Crippen molar-refractivity contribution in [2.45, 2.75) is 11.8 Å². The normalized spacial score (nSPS) is 9.69. The second-order valence-corrected chi connectivity index (χ2v) is 3.71. The minimum absolute atomic E-state index is 0. The summed E-state index contributed by atoms with van der Waals surface area (Å²) in [5.74, 6) is 0. The average molecular weight is 220 g/mol. The van der Waals surface area contributed by atoms with Crippen molar-refractivity contribution in [3.05, 3.63) is 29.8 Å². The third-order valence-corrected chi connectivity index (χ3v) is 2.19. The van der Waals surface area contributed by atoms with Gasteiger partial charge in [-0.25, -0.2) is 0 Å². The summed E-state index contributed by atoms with van der Waals surface area (Å²) in [6, 6.07) is 5.99. The van der Waals surface area contributed by atoms with Crippen LogP contribution in [0, 0.1) is 6.92 Å². The summed E-state index contributed by atoms with van der Waals surface area (Å²) in [6.45, 7) is 1.84. The molecule has 0 saturated heterocycles. The van der Waals surface area contributed by atoms with Crippen LogP contribution in [-0.4, -0.2) is 13.0 Å². The Kier molecular flexibility index (Phi) is 8.38. The fraction of sp³-hybridized carbons (Fsp3) is 0.143. The maximum Gasteiger partial charge on any atom is 1.00 e. The van der Waals surface area contributed by atoms with Gasteiger partial charge in [-0.2, -0.15) is 8.42 Å². The largest absolute Gasteiger partial charge is 1.00 e. The van der Waals surface area contributed by atoms with E-state index in [0.717, 1.165) is 5.56 Å². The molecule has 0 amide bonds. The molecule has 1 rings (SSSR count). The summed E-state index contributed by atoms with van der Waals surface area (Å²) in [4.78, 5) is -0.0666. The molecule has 1 aromatic rings. The molecule has 0 aliphatic rings. The number of rotatable bonds is 1. The summed E-state index contributed by atoms with van der Waals surface area (Å²) < 4.78 is 29.6. The number of benzene rings is 1. The molecular formula is C7H10Na2O3S. The molecule has 1 N–H and O–H groups in total. The van der Waals surface area contributed by atoms with Gasteiger partial charge >= 0.3 is 59.1 Å². The third-order valence-electron chi connectivity index (χ3n) is 1.32. The van der Waals surface area contributed by atoms with Gasteiger partial charge in [0.05, 0.1) is 4.90 Å². The predicted molar refractivity (Wildman–Crippen MR) is 43.2 cm³/mol. The van der Waals surface area contributed by atoms with E-state index in [1.807, 2.05) is 6.92 Å². The Hall–Kier alpha value is 1.13. The van der Waals surface area contributed by atoms with Crippen LogP contribution in [0.1, 0.15) is 8.42 Å². The molecule has 0 radical (unpaired) electrons. The molecule has 0 bridgehead atoms. The first-order valence-electron chi connectivity index (χ1n) is 3.04. The first kappa shape index (κ1) is 16.6. The monoisotopic (exact) mass is 220 g/mol. The van der Waals surface area contributed by atoms with Gasteiger partial charge in [-0.15, -0.1) is 0 Å². The van der Waals surface area contributed by atoms with E-state index in [4.69, 9.17) is 4.55 Å².